The summed E-state index contributed by atoms with van der Waals surface area (Å²) in [6, 6.07) is 0. The van der Waals surface area contributed by atoms with Gasteiger partial charge in [-0.25, -0.2) is 14.5 Å². The summed E-state index contributed by atoms with van der Waals surface area (Å²) in [7, 11) is -4.80. The van der Waals surface area contributed by atoms with Gasteiger partial charge < -0.3 is 34.9 Å². The van der Waals surface area contributed by atoms with Crippen molar-refractivity contribution >= 4 is 25.4 Å². The van der Waals surface area contributed by atoms with Crippen LogP contribution >= 0.6 is 7.82 Å². The second kappa shape index (κ2) is 9.76. The van der Waals surface area contributed by atoms with Gasteiger partial charge in [-0.05, 0) is 5.90 Å². The van der Waals surface area contributed by atoms with Gasteiger partial charge >= 0.3 is 66.9 Å². The van der Waals surface area contributed by atoms with Gasteiger partial charge in [0, 0.05) is 5.90 Å². The Morgan fingerprint density at radius 2 is 1.96 bits per heavy atom. The molecule has 3 heterocycles. The quantitative estimate of drug-likeness (QED) is 0.266. The van der Waals surface area contributed by atoms with Crippen molar-refractivity contribution in [1.82, 2.24) is 9.55 Å². The number of aliphatic hydroxyl groups excluding tert-OH is 2. The monoisotopic (exact) mass is 422 g/mol. The molecular weight excluding hydrogens is 409 g/mol. The van der Waals surface area contributed by atoms with Crippen molar-refractivity contribution in [2.45, 2.75) is 24.5 Å². The number of aliphatic hydroxyl groups is 2. The fourth-order valence-corrected chi connectivity index (χ4v) is 2.81. The van der Waals surface area contributed by atoms with Crippen molar-refractivity contribution in [2.24, 2.45) is 9.98 Å². The molecule has 0 unspecified atom stereocenters. The number of hydrogen-bond donors (Lipinski definition) is 4. The summed E-state index contributed by atoms with van der Waals surface area (Å²) in [4.78, 5) is 28.3. The Bertz CT molecular complexity index is 782. The molecule has 13 nitrogen and oxygen atoms in total. The van der Waals surface area contributed by atoms with Crippen LogP contribution in [0.5, 0.6) is 0 Å². The predicted octanol–water partition coefficient (Wildman–Crippen LogP) is -9.87. The topological polar surface area (TPSA) is 205 Å². The summed E-state index contributed by atoms with van der Waals surface area (Å²) >= 11 is 0. The van der Waals surface area contributed by atoms with Crippen LogP contribution in [0.1, 0.15) is 11.9 Å². The first-order valence-electron chi connectivity index (χ1n) is 6.92. The average Bonchev–Trinajstić information content (AvgIpc) is 3.00. The van der Waals surface area contributed by atoms with Crippen molar-refractivity contribution in [3.8, 4) is 0 Å². The number of nitrogens with zero attached hydrogens (tertiary/aromatic N) is 4. The molecule has 0 radical (unpaired) electrons. The molecule has 2 aliphatic rings. The molecule has 0 amide bonds. The normalized spacial score (nSPS) is 27.6. The van der Waals surface area contributed by atoms with E-state index in [1.165, 1.54) is 0 Å². The number of rotatable bonds is 4. The molecule has 0 spiro atoms. The minimum Gasteiger partial charge on any atom is -0.860 e. The number of fused-ring (bicyclic) bond motifs is 1. The third kappa shape index (κ3) is 5.60. The Kier molecular flexibility index (Phi) is 9.10. The predicted molar refractivity (Wildman–Crippen MR) is 74.6 cm³/mol. The molecule has 3 rings (SSSR count). The van der Waals surface area contributed by atoms with Crippen LogP contribution in [0, 0.1) is 0 Å². The molecule has 1 saturated heterocycles. The maximum atomic E-state index is 12.0. The first kappa shape index (κ1) is 25.2. The standard InChI is InChI=1S/C11H15N4O9P.2Na/c16-5-1-12-10(19)6-9(14-5)13-3-15(6)11-8(18)7(17)4(24-11)2-23-25(20,21)22;;/h3-4,7-8,11,17-18H,1-2H2,(H,12,19)(H,14,16)(H2,20,21,22);;/q;2*+1/p-2/t4-,7-,8-,11-;;/m1../s1. The smallest absolute Gasteiger partial charge is 0.860 e. The fraction of sp³-hybridized carbons (Fsp3) is 0.545. The molecule has 1 aromatic rings. The molecule has 138 valence electrons. The van der Waals surface area contributed by atoms with Crippen molar-refractivity contribution in [1.29, 1.82) is 0 Å². The van der Waals surface area contributed by atoms with Crippen molar-refractivity contribution < 1.29 is 103 Å². The molecule has 4 N–H and O–H groups in total. The molecule has 1 aromatic heterocycles. The van der Waals surface area contributed by atoms with Crippen LogP contribution < -0.4 is 69.3 Å². The molecule has 0 saturated carbocycles. The van der Waals surface area contributed by atoms with Gasteiger partial charge in [-0.1, -0.05) is 0 Å². The Balaban J connectivity index is 0.00000182. The molecular formula is C11H13N4Na2O9P. The Labute approximate surface area is 196 Å². The van der Waals surface area contributed by atoms with Gasteiger partial charge in [0.1, 0.15) is 18.3 Å². The summed E-state index contributed by atoms with van der Waals surface area (Å²) in [5, 5.41) is 43.5. The van der Waals surface area contributed by atoms with Crippen LogP contribution in [0.2, 0.25) is 0 Å². The number of aromatic nitrogens is 2. The van der Waals surface area contributed by atoms with Crippen LogP contribution in [0.15, 0.2) is 16.3 Å². The zero-order chi connectivity index (χ0) is 18.4. The summed E-state index contributed by atoms with van der Waals surface area (Å²) in [5.74, 6) is -1.67. The number of aliphatic imine (C=N–C) groups is 2. The minimum atomic E-state index is -4.80. The molecule has 4 atom stereocenters. The fourth-order valence-electron chi connectivity index (χ4n) is 2.47. The van der Waals surface area contributed by atoms with E-state index in [0.717, 1.165) is 10.9 Å². The van der Waals surface area contributed by atoms with Crippen LogP contribution in [-0.4, -0.2) is 72.8 Å². The van der Waals surface area contributed by atoms with E-state index in [9.17, 15) is 25.0 Å². The number of ether oxygens (including phenoxy) is 1. The van der Waals surface area contributed by atoms with E-state index >= 15 is 0 Å². The summed E-state index contributed by atoms with van der Waals surface area (Å²) < 4.78 is 21.4. The van der Waals surface area contributed by atoms with Gasteiger partial charge in [0.2, 0.25) is 0 Å². The second-order valence-corrected chi connectivity index (χ2v) is 6.52. The van der Waals surface area contributed by atoms with Gasteiger partial charge in [-0.3, -0.25) is 14.1 Å². The first-order valence-corrected chi connectivity index (χ1v) is 8.45. The number of phosphoric acid groups is 1. The third-order valence-electron chi connectivity index (χ3n) is 3.58. The van der Waals surface area contributed by atoms with E-state index < -0.39 is 57.3 Å². The molecule has 0 aliphatic carbocycles. The van der Waals surface area contributed by atoms with Gasteiger partial charge in [0.25, 0.3) is 0 Å². The zero-order valence-corrected chi connectivity index (χ0v) is 19.3. The summed E-state index contributed by atoms with van der Waals surface area (Å²) in [5.41, 5.74) is -0.210. The second-order valence-electron chi connectivity index (χ2n) is 5.28. The third-order valence-corrected chi connectivity index (χ3v) is 4.07. The molecule has 2 aliphatic heterocycles. The van der Waals surface area contributed by atoms with Crippen LogP contribution in [0.4, 0.5) is 5.82 Å². The SMILES string of the molecule is O=P(O)(O)OC[C@H]1O[C@@H](n2cnc3c2C([O-])=NCC([O-])=N3)[C@H](O)[C@@H]1O.[Na+].[Na+]. The van der Waals surface area contributed by atoms with E-state index in [2.05, 4.69) is 19.5 Å². The van der Waals surface area contributed by atoms with Crippen molar-refractivity contribution in [2.75, 3.05) is 13.2 Å². The van der Waals surface area contributed by atoms with E-state index in [1.54, 1.807) is 0 Å². The molecule has 0 bridgehead atoms. The van der Waals surface area contributed by atoms with Crippen LogP contribution in [0.3, 0.4) is 0 Å². The summed E-state index contributed by atoms with van der Waals surface area (Å²) in [6.45, 7) is -1.14. The minimum absolute atomic E-state index is 0. The van der Waals surface area contributed by atoms with Gasteiger partial charge in [-0.2, -0.15) is 0 Å². The van der Waals surface area contributed by atoms with Gasteiger partial charge in [0.05, 0.1) is 25.2 Å². The number of phosphoric ester groups is 1. The average molecular weight is 422 g/mol. The first-order chi connectivity index (χ1) is 11.7. The number of imidazole rings is 1. The molecule has 16 heteroatoms. The van der Waals surface area contributed by atoms with Crippen molar-refractivity contribution in [3.05, 3.63) is 12.0 Å². The van der Waals surface area contributed by atoms with E-state index in [4.69, 9.17) is 14.5 Å². The number of hydrogen-bond acceptors (Lipinski definition) is 10. The van der Waals surface area contributed by atoms with Crippen LogP contribution in [0.25, 0.3) is 0 Å². The van der Waals surface area contributed by atoms with E-state index in [-0.39, 0.29) is 70.6 Å². The van der Waals surface area contributed by atoms with Gasteiger partial charge in [0.15, 0.2) is 12.0 Å². The van der Waals surface area contributed by atoms with E-state index in [1.807, 2.05) is 0 Å². The molecule has 0 aromatic carbocycles. The zero-order valence-electron chi connectivity index (χ0n) is 14.4. The van der Waals surface area contributed by atoms with E-state index in [0.29, 0.717) is 0 Å². The Morgan fingerprint density at radius 1 is 1.30 bits per heavy atom. The largest absolute Gasteiger partial charge is 1.00 e. The molecule has 1 fully saturated rings. The van der Waals surface area contributed by atoms with Crippen molar-refractivity contribution in [3.63, 3.8) is 0 Å². The summed E-state index contributed by atoms with van der Waals surface area (Å²) in [6.07, 6.45) is -4.63. The Morgan fingerprint density at radius 3 is 2.59 bits per heavy atom. The molecule has 27 heavy (non-hydrogen) atoms. The maximum absolute atomic E-state index is 12.0. The Hall–Kier alpha value is 0.140. The van der Waals surface area contributed by atoms with Gasteiger partial charge in [-0.15, -0.1) is 0 Å². The maximum Gasteiger partial charge on any atom is 1.00 e. The van der Waals surface area contributed by atoms with Crippen LogP contribution in [-0.2, 0) is 13.8 Å².